The van der Waals surface area contributed by atoms with Crippen LogP contribution in [-0.4, -0.2) is 18.8 Å². The lowest BCUT2D eigenvalue weighted by atomic mass is 10.2. The second-order valence-electron chi connectivity index (χ2n) is 3.10. The Morgan fingerprint density at radius 3 is 2.85 bits per heavy atom. The molecule has 13 heavy (non-hydrogen) atoms. The van der Waals surface area contributed by atoms with Crippen LogP contribution in [-0.2, 0) is 4.74 Å². The highest BCUT2D eigenvalue weighted by atomic mass is 32.1. The zero-order valence-corrected chi connectivity index (χ0v) is 8.93. The van der Waals surface area contributed by atoms with E-state index in [1.165, 1.54) is 4.88 Å². The Kier molecular flexibility index (Phi) is 4.42. The van der Waals surface area contributed by atoms with E-state index >= 15 is 0 Å². The lowest BCUT2D eigenvalue weighted by molar-refractivity contribution is 0.138. The molecule has 1 N–H and O–H groups in total. The molecule has 0 aliphatic rings. The van der Waals surface area contributed by atoms with Crippen molar-refractivity contribution in [3.63, 3.8) is 0 Å². The van der Waals surface area contributed by atoms with Crippen molar-refractivity contribution >= 4 is 11.3 Å². The average molecular weight is 200 g/mol. The van der Waals surface area contributed by atoms with E-state index in [2.05, 4.69) is 6.92 Å². The molecule has 0 bridgehead atoms. The minimum absolute atomic E-state index is 0.311. The number of hydrogen-bond donors (Lipinski definition) is 1. The van der Waals surface area contributed by atoms with Crippen LogP contribution in [0.15, 0.2) is 12.1 Å². The van der Waals surface area contributed by atoms with Crippen LogP contribution in [0.3, 0.4) is 0 Å². The van der Waals surface area contributed by atoms with E-state index in [9.17, 15) is 5.11 Å². The minimum atomic E-state index is -0.311. The highest BCUT2D eigenvalue weighted by Gasteiger charge is 2.08. The van der Waals surface area contributed by atoms with Gasteiger partial charge in [-0.15, -0.1) is 11.3 Å². The fraction of sp³-hybridized carbons (Fsp3) is 0.600. The molecular formula is C10H16O2S. The van der Waals surface area contributed by atoms with Crippen molar-refractivity contribution in [1.82, 2.24) is 0 Å². The fourth-order valence-electron chi connectivity index (χ4n) is 1.20. The van der Waals surface area contributed by atoms with E-state index < -0.39 is 0 Å². The molecule has 0 amide bonds. The number of methoxy groups -OCH3 is 1. The van der Waals surface area contributed by atoms with Crippen molar-refractivity contribution in [1.29, 1.82) is 0 Å². The predicted molar refractivity (Wildman–Crippen MR) is 55.1 cm³/mol. The molecule has 3 heteroatoms. The molecule has 0 spiro atoms. The van der Waals surface area contributed by atoms with Gasteiger partial charge < -0.3 is 9.84 Å². The molecular weight excluding hydrogens is 184 g/mol. The summed E-state index contributed by atoms with van der Waals surface area (Å²) >= 11 is 1.66. The molecule has 1 atom stereocenters. The third-order valence-corrected chi connectivity index (χ3v) is 3.02. The Balaban J connectivity index is 2.35. The maximum absolute atomic E-state index is 9.72. The monoisotopic (exact) mass is 200 g/mol. The topological polar surface area (TPSA) is 29.5 Å². The normalized spacial score (nSPS) is 13.2. The molecule has 0 aromatic carbocycles. The van der Waals surface area contributed by atoms with Gasteiger partial charge in [-0.1, -0.05) is 0 Å². The van der Waals surface area contributed by atoms with Crippen LogP contribution >= 0.6 is 11.3 Å². The summed E-state index contributed by atoms with van der Waals surface area (Å²) < 4.78 is 4.93. The standard InChI is InChI=1S/C10H16O2S/c1-8-5-6-10(13-8)9(11)4-3-7-12-2/h5-6,9,11H,3-4,7H2,1-2H3. The Hall–Kier alpha value is -0.380. The number of aliphatic hydroxyl groups is 1. The van der Waals surface area contributed by atoms with Gasteiger partial charge >= 0.3 is 0 Å². The summed E-state index contributed by atoms with van der Waals surface area (Å²) in [4.78, 5) is 2.31. The number of aryl methyl sites for hydroxylation is 1. The first-order chi connectivity index (χ1) is 6.24. The van der Waals surface area contributed by atoms with Crippen LogP contribution in [0.1, 0.15) is 28.7 Å². The summed E-state index contributed by atoms with van der Waals surface area (Å²) in [7, 11) is 1.68. The third kappa shape index (κ3) is 3.46. The van der Waals surface area contributed by atoms with Gasteiger partial charge in [-0.2, -0.15) is 0 Å². The molecule has 1 heterocycles. The summed E-state index contributed by atoms with van der Waals surface area (Å²) in [6, 6.07) is 4.04. The molecule has 0 fully saturated rings. The molecule has 1 rings (SSSR count). The minimum Gasteiger partial charge on any atom is -0.388 e. The molecule has 0 radical (unpaired) electrons. The first-order valence-corrected chi connectivity index (χ1v) is 5.29. The molecule has 74 valence electrons. The van der Waals surface area contributed by atoms with Crippen LogP contribution in [0.25, 0.3) is 0 Å². The van der Waals surface area contributed by atoms with Crippen LogP contribution in [0.2, 0.25) is 0 Å². The molecule has 1 aromatic heterocycles. The van der Waals surface area contributed by atoms with Crippen molar-refractivity contribution in [3.05, 3.63) is 21.9 Å². The Morgan fingerprint density at radius 2 is 2.31 bits per heavy atom. The molecule has 1 unspecified atom stereocenters. The molecule has 0 aliphatic heterocycles. The van der Waals surface area contributed by atoms with Crippen molar-refractivity contribution < 1.29 is 9.84 Å². The number of aliphatic hydroxyl groups excluding tert-OH is 1. The number of ether oxygens (including phenoxy) is 1. The maximum atomic E-state index is 9.72. The van der Waals surface area contributed by atoms with Gasteiger partial charge in [-0.3, -0.25) is 0 Å². The molecule has 0 aliphatic carbocycles. The van der Waals surface area contributed by atoms with Gasteiger partial charge in [0.05, 0.1) is 6.10 Å². The molecule has 2 nitrogen and oxygen atoms in total. The van der Waals surface area contributed by atoms with E-state index in [1.54, 1.807) is 18.4 Å². The second kappa shape index (κ2) is 5.37. The fourth-order valence-corrected chi connectivity index (χ4v) is 2.09. The highest BCUT2D eigenvalue weighted by molar-refractivity contribution is 7.11. The van der Waals surface area contributed by atoms with Crippen LogP contribution in [0, 0.1) is 6.92 Å². The van der Waals surface area contributed by atoms with E-state index in [-0.39, 0.29) is 6.10 Å². The first-order valence-electron chi connectivity index (χ1n) is 4.47. The van der Waals surface area contributed by atoms with Gasteiger partial charge in [0.25, 0.3) is 0 Å². The maximum Gasteiger partial charge on any atom is 0.0882 e. The predicted octanol–water partition coefficient (Wildman–Crippen LogP) is 2.52. The molecule has 0 saturated carbocycles. The average Bonchev–Trinajstić information content (AvgIpc) is 2.52. The lowest BCUT2D eigenvalue weighted by Gasteiger charge is -2.06. The zero-order chi connectivity index (χ0) is 9.68. The lowest BCUT2D eigenvalue weighted by Crippen LogP contribution is -1.97. The molecule has 0 saturated heterocycles. The number of thiophene rings is 1. The largest absolute Gasteiger partial charge is 0.388 e. The summed E-state index contributed by atoms with van der Waals surface area (Å²) in [5.74, 6) is 0. The zero-order valence-electron chi connectivity index (χ0n) is 8.12. The highest BCUT2D eigenvalue weighted by Crippen LogP contribution is 2.25. The van der Waals surface area contributed by atoms with Crippen molar-refractivity contribution in [3.8, 4) is 0 Å². The van der Waals surface area contributed by atoms with Gasteiger partial charge in [0.2, 0.25) is 0 Å². The van der Waals surface area contributed by atoms with E-state index in [4.69, 9.17) is 4.74 Å². The van der Waals surface area contributed by atoms with Crippen molar-refractivity contribution in [2.24, 2.45) is 0 Å². The van der Waals surface area contributed by atoms with E-state index in [0.717, 1.165) is 24.3 Å². The number of hydrogen-bond acceptors (Lipinski definition) is 3. The Morgan fingerprint density at radius 1 is 1.54 bits per heavy atom. The van der Waals surface area contributed by atoms with Crippen LogP contribution < -0.4 is 0 Å². The van der Waals surface area contributed by atoms with Crippen LogP contribution in [0.5, 0.6) is 0 Å². The van der Waals surface area contributed by atoms with E-state index in [0.29, 0.717) is 0 Å². The van der Waals surface area contributed by atoms with Gasteiger partial charge in [-0.05, 0) is 31.9 Å². The van der Waals surface area contributed by atoms with Crippen molar-refractivity contribution in [2.45, 2.75) is 25.9 Å². The summed E-state index contributed by atoms with van der Waals surface area (Å²) in [5, 5.41) is 9.72. The van der Waals surface area contributed by atoms with Gasteiger partial charge in [0, 0.05) is 23.5 Å². The summed E-state index contributed by atoms with van der Waals surface area (Å²) in [5.41, 5.74) is 0. The summed E-state index contributed by atoms with van der Waals surface area (Å²) in [6.07, 6.45) is 1.39. The van der Waals surface area contributed by atoms with Gasteiger partial charge in [0.15, 0.2) is 0 Å². The molecule has 1 aromatic rings. The SMILES string of the molecule is COCCCC(O)c1ccc(C)s1. The van der Waals surface area contributed by atoms with E-state index in [1.807, 2.05) is 12.1 Å². The van der Waals surface area contributed by atoms with Gasteiger partial charge in [-0.25, -0.2) is 0 Å². The van der Waals surface area contributed by atoms with Crippen LogP contribution in [0.4, 0.5) is 0 Å². The summed E-state index contributed by atoms with van der Waals surface area (Å²) in [6.45, 7) is 2.78. The third-order valence-electron chi connectivity index (χ3n) is 1.92. The number of rotatable bonds is 5. The van der Waals surface area contributed by atoms with Crippen molar-refractivity contribution in [2.75, 3.05) is 13.7 Å². The Labute approximate surface area is 83.2 Å². The Bertz CT molecular complexity index is 245. The van der Waals surface area contributed by atoms with Gasteiger partial charge in [0.1, 0.15) is 0 Å². The quantitative estimate of drug-likeness (QED) is 0.740. The smallest absolute Gasteiger partial charge is 0.0882 e. The second-order valence-corrected chi connectivity index (χ2v) is 4.42. The first kappa shape index (κ1) is 10.7.